The third-order valence-electron chi connectivity index (χ3n) is 3.99. The Morgan fingerprint density at radius 3 is 2.31 bits per heavy atom. The fraction of sp³-hybridized carbons (Fsp3) is 0.409. The molecule has 0 heterocycles. The first-order valence-electron chi connectivity index (χ1n) is 9.36. The minimum atomic E-state index is -0.140. The molecule has 4 heteroatoms. The number of rotatable bonds is 10. The summed E-state index contributed by atoms with van der Waals surface area (Å²) in [5, 5.41) is 6.03. The molecule has 0 spiro atoms. The van der Waals surface area contributed by atoms with Crippen molar-refractivity contribution in [3.63, 3.8) is 0 Å². The topological polar surface area (TPSA) is 50.4 Å². The highest BCUT2D eigenvalue weighted by Crippen LogP contribution is 2.18. The van der Waals surface area contributed by atoms with Gasteiger partial charge in [-0.1, -0.05) is 74.5 Å². The maximum Gasteiger partial charge on any atom is 0.315 e. The third kappa shape index (κ3) is 7.70. The van der Waals surface area contributed by atoms with Crippen LogP contribution in [0.3, 0.4) is 0 Å². The van der Waals surface area contributed by atoms with Crippen LogP contribution < -0.4 is 10.6 Å². The highest BCUT2D eigenvalue weighted by Gasteiger charge is 2.14. The minimum absolute atomic E-state index is 0.0595. The molecule has 1 unspecified atom stereocenters. The van der Waals surface area contributed by atoms with E-state index in [0.29, 0.717) is 19.1 Å². The van der Waals surface area contributed by atoms with Crippen LogP contribution in [-0.4, -0.2) is 25.8 Å². The van der Waals surface area contributed by atoms with Crippen molar-refractivity contribution >= 4 is 6.03 Å². The van der Waals surface area contributed by atoms with Gasteiger partial charge < -0.3 is 15.4 Å². The molecular formula is C22H30N2O2. The second kappa shape index (κ2) is 11.3. The van der Waals surface area contributed by atoms with Gasteiger partial charge in [-0.25, -0.2) is 4.79 Å². The summed E-state index contributed by atoms with van der Waals surface area (Å²) in [5.74, 6) is 0.538. The largest absolute Gasteiger partial charge is 0.381 e. The first-order valence-corrected chi connectivity index (χ1v) is 9.36. The predicted octanol–water partition coefficient (Wildman–Crippen LogP) is 4.33. The molecule has 140 valence electrons. The van der Waals surface area contributed by atoms with Crippen LogP contribution in [0.2, 0.25) is 0 Å². The monoisotopic (exact) mass is 354 g/mol. The van der Waals surface area contributed by atoms with Crippen LogP contribution in [0.15, 0.2) is 60.7 Å². The fourth-order valence-corrected chi connectivity index (χ4v) is 2.69. The summed E-state index contributed by atoms with van der Waals surface area (Å²) in [7, 11) is 0. The molecule has 0 fully saturated rings. The fourth-order valence-electron chi connectivity index (χ4n) is 2.69. The van der Waals surface area contributed by atoms with E-state index in [9.17, 15) is 4.79 Å². The van der Waals surface area contributed by atoms with Crippen molar-refractivity contribution in [1.82, 2.24) is 10.6 Å². The van der Waals surface area contributed by atoms with Gasteiger partial charge >= 0.3 is 6.03 Å². The Morgan fingerprint density at radius 1 is 1.00 bits per heavy atom. The van der Waals surface area contributed by atoms with Gasteiger partial charge in [0.15, 0.2) is 0 Å². The first-order chi connectivity index (χ1) is 12.6. The van der Waals surface area contributed by atoms with E-state index in [1.807, 2.05) is 48.5 Å². The Balaban J connectivity index is 1.83. The Kier molecular flexibility index (Phi) is 8.70. The van der Waals surface area contributed by atoms with Crippen LogP contribution in [0.5, 0.6) is 0 Å². The van der Waals surface area contributed by atoms with E-state index in [2.05, 4.69) is 36.6 Å². The molecule has 0 saturated heterocycles. The second-order valence-electron chi connectivity index (χ2n) is 6.88. The lowest BCUT2D eigenvalue weighted by Crippen LogP contribution is -2.39. The molecule has 0 saturated carbocycles. The van der Waals surface area contributed by atoms with Gasteiger partial charge in [0.1, 0.15) is 0 Å². The number of ether oxygens (including phenoxy) is 1. The van der Waals surface area contributed by atoms with Gasteiger partial charge in [-0.2, -0.15) is 0 Å². The minimum Gasteiger partial charge on any atom is -0.381 e. The summed E-state index contributed by atoms with van der Waals surface area (Å²) in [6, 6.07) is 20.1. The molecule has 0 aliphatic carbocycles. The zero-order valence-corrected chi connectivity index (χ0v) is 15.8. The summed E-state index contributed by atoms with van der Waals surface area (Å²) in [4.78, 5) is 12.3. The van der Waals surface area contributed by atoms with Gasteiger partial charge in [-0.05, 0) is 29.9 Å². The highest BCUT2D eigenvalue weighted by atomic mass is 16.5. The summed E-state index contributed by atoms with van der Waals surface area (Å²) >= 11 is 0. The molecule has 0 aliphatic heterocycles. The molecule has 1 atom stereocenters. The maximum absolute atomic E-state index is 12.3. The number of amides is 2. The second-order valence-corrected chi connectivity index (χ2v) is 6.88. The van der Waals surface area contributed by atoms with Gasteiger partial charge in [0, 0.05) is 19.8 Å². The van der Waals surface area contributed by atoms with Crippen molar-refractivity contribution in [2.45, 2.75) is 32.7 Å². The molecule has 4 nitrogen and oxygen atoms in total. The standard InChI is InChI=1S/C22H30N2O2/c1-18(2)17-26-15-9-14-23-22(25)24-21(20-12-7-4-8-13-20)16-19-10-5-3-6-11-19/h3-8,10-13,18,21H,9,14-17H2,1-2H3,(H2,23,24,25). The Hall–Kier alpha value is -2.33. The lowest BCUT2D eigenvalue weighted by Gasteiger charge is -2.20. The van der Waals surface area contributed by atoms with Gasteiger partial charge in [0.25, 0.3) is 0 Å². The lowest BCUT2D eigenvalue weighted by atomic mass is 9.99. The van der Waals surface area contributed by atoms with E-state index in [0.717, 1.165) is 25.0 Å². The average Bonchev–Trinajstić information content (AvgIpc) is 2.65. The lowest BCUT2D eigenvalue weighted by molar-refractivity contribution is 0.108. The summed E-state index contributed by atoms with van der Waals surface area (Å²) in [5.41, 5.74) is 2.30. The van der Waals surface area contributed by atoms with E-state index < -0.39 is 0 Å². The van der Waals surface area contributed by atoms with E-state index in [-0.39, 0.29) is 12.1 Å². The molecule has 2 amide bonds. The van der Waals surface area contributed by atoms with Crippen molar-refractivity contribution in [2.75, 3.05) is 19.8 Å². The molecule has 0 aromatic heterocycles. The number of benzene rings is 2. The molecule has 2 rings (SSSR count). The van der Waals surface area contributed by atoms with Crippen LogP contribution in [0.4, 0.5) is 4.79 Å². The molecule has 2 aromatic carbocycles. The van der Waals surface area contributed by atoms with Crippen molar-refractivity contribution in [2.24, 2.45) is 5.92 Å². The van der Waals surface area contributed by atoms with E-state index in [1.54, 1.807) is 0 Å². The quantitative estimate of drug-likeness (QED) is 0.624. The molecule has 2 aromatic rings. The summed E-state index contributed by atoms with van der Waals surface area (Å²) < 4.78 is 5.53. The molecular weight excluding hydrogens is 324 g/mol. The number of carbonyl (C=O) groups excluding carboxylic acids is 1. The first kappa shape index (κ1) is 20.0. The summed E-state index contributed by atoms with van der Waals surface area (Å²) in [6.07, 6.45) is 1.57. The van der Waals surface area contributed by atoms with Gasteiger partial charge in [-0.15, -0.1) is 0 Å². The molecule has 26 heavy (non-hydrogen) atoms. The van der Waals surface area contributed by atoms with Crippen LogP contribution in [-0.2, 0) is 11.2 Å². The third-order valence-corrected chi connectivity index (χ3v) is 3.99. The Labute approximate surface area is 157 Å². The van der Waals surface area contributed by atoms with Gasteiger partial charge in [0.2, 0.25) is 0 Å². The number of carbonyl (C=O) groups is 1. The SMILES string of the molecule is CC(C)COCCCNC(=O)NC(Cc1ccccc1)c1ccccc1. The number of hydrogen-bond acceptors (Lipinski definition) is 2. The number of nitrogens with one attached hydrogen (secondary N) is 2. The Morgan fingerprint density at radius 2 is 1.65 bits per heavy atom. The smallest absolute Gasteiger partial charge is 0.315 e. The van der Waals surface area contributed by atoms with E-state index in [1.165, 1.54) is 5.56 Å². The van der Waals surface area contributed by atoms with Crippen LogP contribution in [0.25, 0.3) is 0 Å². The predicted molar refractivity (Wildman–Crippen MR) is 106 cm³/mol. The number of hydrogen-bond donors (Lipinski definition) is 2. The molecule has 2 N–H and O–H groups in total. The maximum atomic E-state index is 12.3. The van der Waals surface area contributed by atoms with E-state index >= 15 is 0 Å². The van der Waals surface area contributed by atoms with Crippen molar-refractivity contribution < 1.29 is 9.53 Å². The van der Waals surface area contributed by atoms with Crippen LogP contribution in [0, 0.1) is 5.92 Å². The van der Waals surface area contributed by atoms with Crippen molar-refractivity contribution in [3.8, 4) is 0 Å². The molecule has 0 bridgehead atoms. The Bertz CT molecular complexity index is 629. The zero-order valence-electron chi connectivity index (χ0n) is 15.8. The van der Waals surface area contributed by atoms with Crippen molar-refractivity contribution in [1.29, 1.82) is 0 Å². The van der Waals surface area contributed by atoms with Crippen molar-refractivity contribution in [3.05, 3.63) is 71.8 Å². The highest BCUT2D eigenvalue weighted by molar-refractivity contribution is 5.74. The van der Waals surface area contributed by atoms with Crippen LogP contribution in [0.1, 0.15) is 37.4 Å². The average molecular weight is 354 g/mol. The molecule has 0 aliphatic rings. The molecule has 0 radical (unpaired) electrons. The zero-order chi connectivity index (χ0) is 18.6. The number of urea groups is 1. The van der Waals surface area contributed by atoms with Crippen LogP contribution >= 0.6 is 0 Å². The summed E-state index contributed by atoms with van der Waals surface area (Å²) in [6.45, 7) is 6.30. The normalized spacial score (nSPS) is 12.0. The van der Waals surface area contributed by atoms with Gasteiger partial charge in [-0.3, -0.25) is 0 Å². The van der Waals surface area contributed by atoms with Gasteiger partial charge in [0.05, 0.1) is 6.04 Å². The van der Waals surface area contributed by atoms with E-state index in [4.69, 9.17) is 4.74 Å².